The highest BCUT2D eigenvalue weighted by Gasteiger charge is 2.15. The lowest BCUT2D eigenvalue weighted by Gasteiger charge is -2.06. The molecule has 31 heavy (non-hydrogen) atoms. The van der Waals surface area contributed by atoms with E-state index >= 15 is 0 Å². The summed E-state index contributed by atoms with van der Waals surface area (Å²) < 4.78 is 14.2. The number of aromatic nitrogens is 3. The molecule has 2 aromatic carbocycles. The molecule has 0 aliphatic heterocycles. The van der Waals surface area contributed by atoms with Crippen molar-refractivity contribution in [1.29, 1.82) is 5.26 Å². The van der Waals surface area contributed by atoms with Crippen LogP contribution in [0.2, 0.25) is 0 Å². The molecule has 2 heterocycles. The van der Waals surface area contributed by atoms with Gasteiger partial charge in [-0.3, -0.25) is 9.59 Å². The van der Waals surface area contributed by atoms with Crippen LogP contribution in [0.25, 0.3) is 21.5 Å². The van der Waals surface area contributed by atoms with Gasteiger partial charge in [-0.25, -0.2) is 14.4 Å². The maximum atomic E-state index is 13.2. The van der Waals surface area contributed by atoms with Crippen LogP contribution >= 0.6 is 23.1 Å². The normalized spacial score (nSPS) is 10.7. The Hall–Kier alpha value is -3.55. The lowest BCUT2D eigenvalue weighted by atomic mass is 10.1. The van der Waals surface area contributed by atoms with E-state index in [1.54, 1.807) is 0 Å². The first-order chi connectivity index (χ1) is 14.9. The number of nitriles is 1. The molecule has 0 saturated carbocycles. The third kappa shape index (κ3) is 4.63. The van der Waals surface area contributed by atoms with Crippen molar-refractivity contribution >= 4 is 44.4 Å². The summed E-state index contributed by atoms with van der Waals surface area (Å²) in [4.78, 5) is 35.8. The fourth-order valence-electron chi connectivity index (χ4n) is 2.82. The molecule has 2 N–H and O–H groups in total. The minimum atomic E-state index is -0.624. The van der Waals surface area contributed by atoms with E-state index in [1.807, 2.05) is 31.2 Å². The number of thiazole rings is 1. The Labute approximate surface area is 184 Å². The molecular formula is C21H14FN5O2S2. The fraction of sp³-hybridized carbons (Fsp3) is 0.0952. The standard InChI is InChI=1S/C21H14FN5O2S2/c1-11-2-7-15-16(8-11)31-21(24-15)25-17(28)10-30-20-26-18(14(9-23)19(29)27-20)12-3-5-13(22)6-4-12/h2-8H,10H2,1H3,(H,24,25,28)(H,26,27,29). The molecule has 0 radical (unpaired) electrons. The maximum Gasteiger partial charge on any atom is 0.270 e. The molecule has 0 fully saturated rings. The summed E-state index contributed by atoms with van der Waals surface area (Å²) in [7, 11) is 0. The van der Waals surface area contributed by atoms with Crippen LogP contribution in [0.1, 0.15) is 11.1 Å². The zero-order chi connectivity index (χ0) is 22.0. The number of benzene rings is 2. The summed E-state index contributed by atoms with van der Waals surface area (Å²) in [6.07, 6.45) is 0. The molecule has 0 saturated heterocycles. The van der Waals surface area contributed by atoms with E-state index in [1.165, 1.54) is 35.6 Å². The maximum absolute atomic E-state index is 13.2. The predicted molar refractivity (Wildman–Crippen MR) is 119 cm³/mol. The molecule has 1 amide bonds. The summed E-state index contributed by atoms with van der Waals surface area (Å²) >= 11 is 2.39. The predicted octanol–water partition coefficient (Wildman–Crippen LogP) is 4.10. The Morgan fingerprint density at radius 3 is 2.77 bits per heavy atom. The summed E-state index contributed by atoms with van der Waals surface area (Å²) in [5.74, 6) is -0.772. The van der Waals surface area contributed by atoms with Gasteiger partial charge in [0.1, 0.15) is 17.4 Å². The molecule has 4 aromatic rings. The van der Waals surface area contributed by atoms with Crippen LogP contribution in [0.4, 0.5) is 9.52 Å². The van der Waals surface area contributed by atoms with Gasteiger partial charge in [0.15, 0.2) is 10.3 Å². The highest BCUT2D eigenvalue weighted by molar-refractivity contribution is 7.99. The Kier molecular flexibility index (Phi) is 5.79. The zero-order valence-electron chi connectivity index (χ0n) is 16.1. The fourth-order valence-corrected chi connectivity index (χ4v) is 4.46. The summed E-state index contributed by atoms with van der Waals surface area (Å²) in [5, 5.41) is 12.7. The number of amides is 1. The van der Waals surface area contributed by atoms with Crippen LogP contribution in [0.5, 0.6) is 0 Å². The van der Waals surface area contributed by atoms with Gasteiger partial charge in [0.2, 0.25) is 5.91 Å². The van der Waals surface area contributed by atoms with Gasteiger partial charge in [-0.2, -0.15) is 5.26 Å². The Morgan fingerprint density at radius 1 is 1.26 bits per heavy atom. The molecule has 0 atom stereocenters. The van der Waals surface area contributed by atoms with Gasteiger partial charge in [0.25, 0.3) is 5.56 Å². The van der Waals surface area contributed by atoms with Crippen molar-refractivity contribution in [3.63, 3.8) is 0 Å². The number of hydrogen-bond acceptors (Lipinski definition) is 7. The van der Waals surface area contributed by atoms with Gasteiger partial charge < -0.3 is 10.3 Å². The van der Waals surface area contributed by atoms with Crippen molar-refractivity contribution in [2.45, 2.75) is 12.1 Å². The summed E-state index contributed by atoms with van der Waals surface area (Å²) in [6, 6.07) is 13.0. The number of carbonyl (C=O) groups is 1. The first-order valence-corrected chi connectivity index (χ1v) is 10.8. The van der Waals surface area contributed by atoms with Crippen LogP contribution in [0.3, 0.4) is 0 Å². The number of rotatable bonds is 5. The molecule has 154 valence electrons. The van der Waals surface area contributed by atoms with E-state index in [2.05, 4.69) is 20.3 Å². The zero-order valence-corrected chi connectivity index (χ0v) is 17.7. The van der Waals surface area contributed by atoms with Crippen LogP contribution < -0.4 is 10.9 Å². The largest absolute Gasteiger partial charge is 0.301 e. The van der Waals surface area contributed by atoms with Gasteiger partial charge >= 0.3 is 0 Å². The smallest absolute Gasteiger partial charge is 0.270 e. The Bertz CT molecular complexity index is 1390. The topological polar surface area (TPSA) is 112 Å². The first kappa shape index (κ1) is 20.7. The molecule has 10 heteroatoms. The van der Waals surface area contributed by atoms with Gasteiger partial charge in [-0.15, -0.1) is 0 Å². The minimum absolute atomic E-state index is 0.0212. The first-order valence-electron chi connectivity index (χ1n) is 9.03. The second-order valence-electron chi connectivity index (χ2n) is 6.54. The number of nitrogens with one attached hydrogen (secondary N) is 2. The molecule has 4 rings (SSSR count). The summed E-state index contributed by atoms with van der Waals surface area (Å²) in [6.45, 7) is 1.99. The highest BCUT2D eigenvalue weighted by Crippen LogP contribution is 2.27. The number of thioether (sulfide) groups is 1. The van der Waals surface area contributed by atoms with Gasteiger partial charge in [0, 0.05) is 5.56 Å². The number of H-pyrrole nitrogens is 1. The van der Waals surface area contributed by atoms with Crippen LogP contribution in [-0.2, 0) is 4.79 Å². The van der Waals surface area contributed by atoms with Crippen molar-refractivity contribution in [2.75, 3.05) is 11.1 Å². The van der Waals surface area contributed by atoms with Crippen molar-refractivity contribution in [3.8, 4) is 17.3 Å². The van der Waals surface area contributed by atoms with Crippen molar-refractivity contribution < 1.29 is 9.18 Å². The van der Waals surface area contributed by atoms with E-state index < -0.39 is 11.4 Å². The lowest BCUT2D eigenvalue weighted by Crippen LogP contribution is -2.17. The minimum Gasteiger partial charge on any atom is -0.301 e. The number of carbonyl (C=O) groups excluding carboxylic acids is 1. The van der Waals surface area contributed by atoms with E-state index in [0.29, 0.717) is 10.7 Å². The number of halogens is 1. The monoisotopic (exact) mass is 451 g/mol. The molecular weight excluding hydrogens is 437 g/mol. The molecule has 0 aliphatic rings. The molecule has 0 spiro atoms. The average Bonchev–Trinajstić information content (AvgIpc) is 3.13. The number of aryl methyl sites for hydroxylation is 1. The number of anilines is 1. The molecule has 0 aliphatic carbocycles. The Balaban J connectivity index is 1.51. The second-order valence-corrected chi connectivity index (χ2v) is 8.54. The molecule has 0 unspecified atom stereocenters. The highest BCUT2D eigenvalue weighted by atomic mass is 32.2. The van der Waals surface area contributed by atoms with Gasteiger partial charge in [0.05, 0.1) is 21.7 Å². The number of nitrogens with zero attached hydrogens (tertiary/aromatic N) is 3. The van der Waals surface area contributed by atoms with Crippen molar-refractivity contribution in [3.05, 3.63) is 69.8 Å². The van der Waals surface area contributed by atoms with Gasteiger partial charge in [-0.1, -0.05) is 29.2 Å². The summed E-state index contributed by atoms with van der Waals surface area (Å²) in [5.41, 5.74) is 1.68. The third-order valence-corrected chi connectivity index (χ3v) is 6.06. The Morgan fingerprint density at radius 2 is 2.03 bits per heavy atom. The van der Waals surface area contributed by atoms with E-state index in [0.717, 1.165) is 27.5 Å². The molecule has 7 nitrogen and oxygen atoms in total. The third-order valence-electron chi connectivity index (χ3n) is 4.26. The SMILES string of the molecule is Cc1ccc2nc(NC(=O)CSc3nc(-c4ccc(F)cc4)c(C#N)c(=O)[nH]3)sc2c1. The van der Waals surface area contributed by atoms with Crippen LogP contribution in [0, 0.1) is 24.1 Å². The average molecular weight is 452 g/mol. The van der Waals surface area contributed by atoms with E-state index in [9.17, 15) is 19.2 Å². The molecule has 0 bridgehead atoms. The number of fused-ring (bicyclic) bond motifs is 1. The van der Waals surface area contributed by atoms with Crippen LogP contribution in [-0.4, -0.2) is 26.6 Å². The van der Waals surface area contributed by atoms with E-state index in [4.69, 9.17) is 0 Å². The lowest BCUT2D eigenvalue weighted by molar-refractivity contribution is -0.113. The van der Waals surface area contributed by atoms with Crippen molar-refractivity contribution in [1.82, 2.24) is 15.0 Å². The number of aromatic amines is 1. The quantitative estimate of drug-likeness (QED) is 0.349. The molecule has 2 aromatic heterocycles. The van der Waals surface area contributed by atoms with Crippen molar-refractivity contribution in [2.24, 2.45) is 0 Å². The van der Waals surface area contributed by atoms with Crippen LogP contribution in [0.15, 0.2) is 52.4 Å². The van der Waals surface area contributed by atoms with Gasteiger partial charge in [-0.05, 0) is 48.9 Å². The van der Waals surface area contributed by atoms with E-state index in [-0.39, 0.29) is 28.1 Å². The second kappa shape index (κ2) is 8.67. The number of hydrogen-bond donors (Lipinski definition) is 2.